The monoisotopic (exact) mass is 262 g/mol. The van der Waals surface area contributed by atoms with E-state index in [0.29, 0.717) is 17.4 Å². The summed E-state index contributed by atoms with van der Waals surface area (Å²) in [5, 5.41) is 12.0. The molecule has 1 heterocycles. The highest BCUT2D eigenvalue weighted by Gasteiger charge is 2.05. The molecule has 0 saturated heterocycles. The van der Waals surface area contributed by atoms with Crippen molar-refractivity contribution in [1.29, 1.82) is 0 Å². The third-order valence-electron chi connectivity index (χ3n) is 1.78. The topological polar surface area (TPSA) is 45.1 Å². The van der Waals surface area contributed by atoms with Gasteiger partial charge in [0.15, 0.2) is 11.6 Å². The Hall–Kier alpha value is -0.680. The number of hydrogen-bond acceptors (Lipinski definition) is 3. The Balaban J connectivity index is 2.59. The van der Waals surface area contributed by atoms with Crippen LogP contribution in [-0.2, 0) is 0 Å². The van der Waals surface area contributed by atoms with Crippen LogP contribution in [-0.4, -0.2) is 22.7 Å². The first-order valence-electron chi connectivity index (χ1n) is 4.36. The van der Waals surface area contributed by atoms with E-state index in [4.69, 9.17) is 0 Å². The highest BCUT2D eigenvalue weighted by Crippen LogP contribution is 2.15. The molecular formula is C9H12BrFN2O. The average molecular weight is 263 g/mol. The van der Waals surface area contributed by atoms with Crippen molar-refractivity contribution in [3.05, 3.63) is 22.6 Å². The largest absolute Gasteiger partial charge is 0.391 e. The first kappa shape index (κ1) is 11.4. The third kappa shape index (κ3) is 3.23. The predicted molar refractivity (Wildman–Crippen MR) is 56.7 cm³/mol. The number of nitrogens with zero attached hydrogens (tertiary/aromatic N) is 1. The molecule has 0 aromatic carbocycles. The molecule has 0 aliphatic heterocycles. The number of rotatable bonds is 4. The van der Waals surface area contributed by atoms with Gasteiger partial charge in [-0.25, -0.2) is 9.37 Å². The Morgan fingerprint density at radius 1 is 1.71 bits per heavy atom. The van der Waals surface area contributed by atoms with Crippen molar-refractivity contribution in [2.24, 2.45) is 0 Å². The molecule has 0 radical (unpaired) electrons. The zero-order valence-corrected chi connectivity index (χ0v) is 9.38. The molecule has 1 atom stereocenters. The van der Waals surface area contributed by atoms with Crippen molar-refractivity contribution >= 4 is 21.7 Å². The summed E-state index contributed by atoms with van der Waals surface area (Å²) in [5.74, 6) is -0.261. The van der Waals surface area contributed by atoms with Crippen molar-refractivity contribution in [3.63, 3.8) is 0 Å². The molecule has 5 heteroatoms. The van der Waals surface area contributed by atoms with Gasteiger partial charge in [-0.1, -0.05) is 6.92 Å². The molecule has 1 unspecified atom stereocenters. The Labute approximate surface area is 90.5 Å². The number of anilines is 1. The smallest absolute Gasteiger partial charge is 0.166 e. The van der Waals surface area contributed by atoms with Crippen LogP contribution in [0.25, 0.3) is 0 Å². The van der Waals surface area contributed by atoms with Crippen LogP contribution in [0.2, 0.25) is 0 Å². The summed E-state index contributed by atoms with van der Waals surface area (Å²) in [7, 11) is 0. The average Bonchev–Trinajstić information content (AvgIpc) is 2.16. The number of hydrogen-bond donors (Lipinski definition) is 2. The lowest BCUT2D eigenvalue weighted by Crippen LogP contribution is -2.19. The Kier molecular flexibility index (Phi) is 4.28. The van der Waals surface area contributed by atoms with Crippen LogP contribution < -0.4 is 5.32 Å². The summed E-state index contributed by atoms with van der Waals surface area (Å²) in [4.78, 5) is 3.84. The van der Waals surface area contributed by atoms with Gasteiger partial charge >= 0.3 is 0 Å². The lowest BCUT2D eigenvalue weighted by atomic mass is 10.3. The summed E-state index contributed by atoms with van der Waals surface area (Å²) in [6.07, 6.45) is 1.66. The summed E-state index contributed by atoms with van der Waals surface area (Å²) in [6, 6.07) is 1.33. The molecule has 0 fully saturated rings. The Morgan fingerprint density at radius 2 is 2.43 bits per heavy atom. The van der Waals surface area contributed by atoms with Crippen molar-refractivity contribution in [2.45, 2.75) is 19.4 Å². The predicted octanol–water partition coefficient (Wildman–Crippen LogP) is 2.17. The first-order valence-corrected chi connectivity index (χ1v) is 5.15. The molecule has 0 saturated carbocycles. The summed E-state index contributed by atoms with van der Waals surface area (Å²) >= 11 is 3.11. The second-order valence-corrected chi connectivity index (χ2v) is 3.84. The highest BCUT2D eigenvalue weighted by atomic mass is 79.9. The number of aromatic nitrogens is 1. The first-order chi connectivity index (χ1) is 6.63. The molecule has 1 aromatic heterocycles. The van der Waals surface area contributed by atoms with Crippen molar-refractivity contribution in [3.8, 4) is 0 Å². The van der Waals surface area contributed by atoms with E-state index in [1.807, 2.05) is 6.92 Å². The molecular weight excluding hydrogens is 251 g/mol. The maximum Gasteiger partial charge on any atom is 0.166 e. The minimum Gasteiger partial charge on any atom is -0.391 e. The molecule has 78 valence electrons. The van der Waals surface area contributed by atoms with Crippen LogP contribution in [0.1, 0.15) is 13.3 Å². The molecule has 1 rings (SSSR count). The van der Waals surface area contributed by atoms with Crippen LogP contribution in [0.3, 0.4) is 0 Å². The number of aliphatic hydroxyl groups excluding tert-OH is 1. The zero-order chi connectivity index (χ0) is 10.6. The molecule has 14 heavy (non-hydrogen) atoms. The fraction of sp³-hybridized carbons (Fsp3) is 0.444. The molecule has 1 aromatic rings. The van der Waals surface area contributed by atoms with Gasteiger partial charge in [-0.2, -0.15) is 0 Å². The van der Waals surface area contributed by atoms with Gasteiger partial charge in [-0.05, 0) is 28.4 Å². The normalized spacial score (nSPS) is 12.6. The van der Waals surface area contributed by atoms with Gasteiger partial charge in [0.1, 0.15) is 0 Å². The number of nitrogens with one attached hydrogen (secondary N) is 1. The van der Waals surface area contributed by atoms with Crippen molar-refractivity contribution in [1.82, 2.24) is 4.98 Å². The maximum atomic E-state index is 13.2. The van der Waals surface area contributed by atoms with Crippen LogP contribution in [0, 0.1) is 5.82 Å². The molecule has 0 aliphatic carbocycles. The fourth-order valence-electron chi connectivity index (χ4n) is 0.903. The molecule has 0 bridgehead atoms. The maximum absolute atomic E-state index is 13.2. The minimum absolute atomic E-state index is 0.167. The van der Waals surface area contributed by atoms with Crippen LogP contribution >= 0.6 is 15.9 Å². The highest BCUT2D eigenvalue weighted by molar-refractivity contribution is 9.10. The van der Waals surface area contributed by atoms with E-state index in [9.17, 15) is 9.50 Å². The summed E-state index contributed by atoms with van der Waals surface area (Å²) < 4.78 is 13.8. The van der Waals surface area contributed by atoms with E-state index < -0.39 is 11.9 Å². The number of pyridine rings is 1. The van der Waals surface area contributed by atoms with Crippen molar-refractivity contribution < 1.29 is 9.50 Å². The van der Waals surface area contributed by atoms with Crippen LogP contribution in [0.5, 0.6) is 0 Å². The zero-order valence-electron chi connectivity index (χ0n) is 7.80. The van der Waals surface area contributed by atoms with Gasteiger partial charge in [0.25, 0.3) is 0 Å². The molecule has 0 amide bonds. The Morgan fingerprint density at radius 3 is 3.00 bits per heavy atom. The fourth-order valence-corrected chi connectivity index (χ4v) is 1.21. The van der Waals surface area contributed by atoms with E-state index in [-0.39, 0.29) is 5.82 Å². The Bertz CT molecular complexity index is 309. The van der Waals surface area contributed by atoms with Gasteiger partial charge in [0.05, 0.1) is 6.10 Å². The van der Waals surface area contributed by atoms with Gasteiger partial charge < -0.3 is 10.4 Å². The molecule has 3 nitrogen and oxygen atoms in total. The number of halogens is 2. The van der Waals surface area contributed by atoms with Crippen LogP contribution in [0.15, 0.2) is 16.7 Å². The van der Waals surface area contributed by atoms with Crippen molar-refractivity contribution in [2.75, 3.05) is 11.9 Å². The standard InChI is InChI=1S/C9H12BrFN2O/c1-2-7(14)5-13-9-8(11)3-6(10)4-12-9/h3-4,7,14H,2,5H2,1H3,(H,12,13). The van der Waals surface area contributed by atoms with Gasteiger partial charge in [0.2, 0.25) is 0 Å². The SMILES string of the molecule is CCC(O)CNc1ncc(Br)cc1F. The number of aliphatic hydroxyl groups is 1. The second kappa shape index (κ2) is 5.26. The van der Waals surface area contributed by atoms with Gasteiger partial charge in [-0.15, -0.1) is 0 Å². The lowest BCUT2D eigenvalue weighted by Gasteiger charge is -2.10. The van der Waals surface area contributed by atoms with E-state index >= 15 is 0 Å². The molecule has 0 aliphatic rings. The third-order valence-corrected chi connectivity index (χ3v) is 2.22. The molecule has 0 spiro atoms. The molecule has 2 N–H and O–H groups in total. The van der Waals surface area contributed by atoms with Crippen LogP contribution in [0.4, 0.5) is 10.2 Å². The van der Waals surface area contributed by atoms with E-state index in [0.717, 1.165) is 0 Å². The van der Waals surface area contributed by atoms with E-state index in [1.165, 1.54) is 12.3 Å². The quantitative estimate of drug-likeness (QED) is 0.875. The van der Waals surface area contributed by atoms with Gasteiger partial charge in [0, 0.05) is 17.2 Å². The van der Waals surface area contributed by atoms with E-state index in [1.54, 1.807) is 0 Å². The minimum atomic E-state index is -0.472. The van der Waals surface area contributed by atoms with Gasteiger partial charge in [-0.3, -0.25) is 0 Å². The summed E-state index contributed by atoms with van der Waals surface area (Å²) in [5.41, 5.74) is 0. The van der Waals surface area contributed by atoms with E-state index in [2.05, 4.69) is 26.2 Å². The lowest BCUT2D eigenvalue weighted by molar-refractivity contribution is 0.183. The second-order valence-electron chi connectivity index (χ2n) is 2.93. The summed E-state index contributed by atoms with van der Waals surface area (Å²) in [6.45, 7) is 2.17.